The molecule has 0 aliphatic heterocycles. The average molecular weight is 326 g/mol. The van der Waals surface area contributed by atoms with Gasteiger partial charge < -0.3 is 5.73 Å². The number of anilines is 1. The molecule has 2 aromatic rings. The molecule has 0 amide bonds. The Morgan fingerprint density at radius 2 is 1.94 bits per heavy atom. The molecule has 1 aromatic heterocycles. The minimum atomic E-state index is 0.673. The summed E-state index contributed by atoms with van der Waals surface area (Å²) in [6.45, 7) is 0. The van der Waals surface area contributed by atoms with Gasteiger partial charge in [-0.15, -0.1) is 0 Å². The first-order valence-corrected chi connectivity index (χ1v) is 7.40. The van der Waals surface area contributed by atoms with E-state index in [-0.39, 0.29) is 0 Å². The van der Waals surface area contributed by atoms with Crippen molar-refractivity contribution in [3.8, 4) is 0 Å². The third kappa shape index (κ3) is 1.90. The highest BCUT2D eigenvalue weighted by Gasteiger charge is 2.18. The summed E-state index contributed by atoms with van der Waals surface area (Å²) in [4.78, 5) is 4.76. The quantitative estimate of drug-likeness (QED) is 0.724. The third-order valence-electron chi connectivity index (χ3n) is 3.61. The van der Waals surface area contributed by atoms with E-state index >= 15 is 0 Å². The number of pyridine rings is 1. The van der Waals surface area contributed by atoms with E-state index in [4.69, 9.17) is 22.3 Å². The van der Waals surface area contributed by atoms with Crippen LogP contribution in [0.15, 0.2) is 16.6 Å². The molecule has 4 heteroatoms. The molecular formula is C14H14BrClN2. The van der Waals surface area contributed by atoms with Crippen LogP contribution in [0.25, 0.3) is 10.9 Å². The number of nitrogen functional groups attached to an aromatic ring is 1. The summed E-state index contributed by atoms with van der Waals surface area (Å²) < 4.78 is 0.971. The summed E-state index contributed by atoms with van der Waals surface area (Å²) in [5, 5.41) is 1.63. The number of hydrogen-bond donors (Lipinski definition) is 1. The summed E-state index contributed by atoms with van der Waals surface area (Å²) in [7, 11) is 0. The van der Waals surface area contributed by atoms with E-state index in [2.05, 4.69) is 15.9 Å². The molecule has 0 spiro atoms. The van der Waals surface area contributed by atoms with Crippen LogP contribution in [0.5, 0.6) is 0 Å². The van der Waals surface area contributed by atoms with Crippen LogP contribution >= 0.6 is 27.5 Å². The van der Waals surface area contributed by atoms with Gasteiger partial charge in [-0.2, -0.15) is 0 Å². The second-order valence-corrected chi connectivity index (χ2v) is 6.03. The van der Waals surface area contributed by atoms with Gasteiger partial charge in [0.2, 0.25) is 0 Å². The smallest absolute Gasteiger partial charge is 0.0923 e. The van der Waals surface area contributed by atoms with Crippen LogP contribution in [0.4, 0.5) is 5.69 Å². The molecule has 0 saturated carbocycles. The van der Waals surface area contributed by atoms with E-state index in [1.165, 1.54) is 24.8 Å². The van der Waals surface area contributed by atoms with Crippen LogP contribution < -0.4 is 5.73 Å². The van der Waals surface area contributed by atoms with Gasteiger partial charge in [0, 0.05) is 21.2 Å². The SMILES string of the molecule is Nc1c2c(nc3c(Cl)ccc(Br)c13)CCCCC2. The molecule has 0 fully saturated rings. The van der Waals surface area contributed by atoms with Crippen molar-refractivity contribution in [2.45, 2.75) is 32.1 Å². The lowest BCUT2D eigenvalue weighted by Gasteiger charge is -2.13. The Bertz CT molecular complexity index is 625. The highest BCUT2D eigenvalue weighted by Crippen LogP contribution is 2.37. The summed E-state index contributed by atoms with van der Waals surface area (Å²) in [6, 6.07) is 3.80. The number of benzene rings is 1. The first kappa shape index (κ1) is 12.2. The number of rotatable bonds is 0. The number of nitrogens with zero attached hydrogens (tertiary/aromatic N) is 1. The Morgan fingerprint density at radius 1 is 1.17 bits per heavy atom. The van der Waals surface area contributed by atoms with Gasteiger partial charge in [0.1, 0.15) is 0 Å². The predicted molar refractivity (Wildman–Crippen MR) is 80.1 cm³/mol. The highest BCUT2D eigenvalue weighted by molar-refractivity contribution is 9.10. The van der Waals surface area contributed by atoms with Crippen LogP contribution in [-0.2, 0) is 12.8 Å². The number of hydrogen-bond acceptors (Lipinski definition) is 2. The molecule has 0 saturated heterocycles. The monoisotopic (exact) mass is 324 g/mol. The molecule has 1 aliphatic carbocycles. The summed E-state index contributed by atoms with van der Waals surface area (Å²) >= 11 is 9.80. The Kier molecular flexibility index (Phi) is 3.20. The molecule has 1 aromatic carbocycles. The standard InChI is InChI=1S/C14H14BrClN2/c15-9-6-7-10(16)14-12(9)13(17)8-4-2-1-3-5-11(8)18-14/h6-7H,1-5H2,(H2,17,18). The van der Waals surface area contributed by atoms with Gasteiger partial charge in [0.15, 0.2) is 0 Å². The maximum absolute atomic E-state index is 6.35. The molecule has 2 N–H and O–H groups in total. The van der Waals surface area contributed by atoms with Crippen molar-refractivity contribution >= 4 is 44.1 Å². The van der Waals surface area contributed by atoms with Crippen molar-refractivity contribution in [2.24, 2.45) is 0 Å². The van der Waals surface area contributed by atoms with E-state index in [0.717, 1.165) is 39.6 Å². The molecule has 3 rings (SSSR count). The highest BCUT2D eigenvalue weighted by atomic mass is 79.9. The van der Waals surface area contributed by atoms with Crippen molar-refractivity contribution < 1.29 is 0 Å². The Labute approximate surface area is 120 Å². The molecule has 1 heterocycles. The Balaban J connectivity index is 2.38. The zero-order valence-electron chi connectivity index (χ0n) is 9.97. The van der Waals surface area contributed by atoms with Gasteiger partial charge in [-0.05, 0) is 43.4 Å². The van der Waals surface area contributed by atoms with E-state index in [1.54, 1.807) is 0 Å². The molecule has 2 nitrogen and oxygen atoms in total. The van der Waals surface area contributed by atoms with Crippen molar-refractivity contribution in [3.63, 3.8) is 0 Å². The molecule has 0 atom stereocenters. The van der Waals surface area contributed by atoms with Crippen LogP contribution in [0.2, 0.25) is 5.02 Å². The van der Waals surface area contributed by atoms with Crippen molar-refractivity contribution in [2.75, 3.05) is 5.73 Å². The Hall–Kier alpha value is -0.800. The van der Waals surface area contributed by atoms with Crippen LogP contribution in [0, 0.1) is 0 Å². The minimum absolute atomic E-state index is 0.673. The molecule has 1 aliphatic rings. The topological polar surface area (TPSA) is 38.9 Å². The van der Waals surface area contributed by atoms with E-state index in [1.807, 2.05) is 12.1 Å². The fourth-order valence-corrected chi connectivity index (χ4v) is 3.41. The second-order valence-electron chi connectivity index (χ2n) is 4.76. The fraction of sp³-hybridized carbons (Fsp3) is 0.357. The van der Waals surface area contributed by atoms with Crippen molar-refractivity contribution in [1.29, 1.82) is 0 Å². The van der Waals surface area contributed by atoms with Gasteiger partial charge >= 0.3 is 0 Å². The third-order valence-corrected chi connectivity index (χ3v) is 4.57. The van der Waals surface area contributed by atoms with Crippen LogP contribution in [0.3, 0.4) is 0 Å². The van der Waals surface area contributed by atoms with Crippen LogP contribution in [0.1, 0.15) is 30.5 Å². The fourth-order valence-electron chi connectivity index (χ4n) is 2.67. The first-order chi connectivity index (χ1) is 8.68. The molecule has 0 bridgehead atoms. The van der Waals surface area contributed by atoms with Gasteiger partial charge in [-0.25, -0.2) is 0 Å². The van der Waals surface area contributed by atoms with E-state index < -0.39 is 0 Å². The van der Waals surface area contributed by atoms with Gasteiger partial charge in [0.25, 0.3) is 0 Å². The molecule has 0 radical (unpaired) electrons. The second kappa shape index (κ2) is 4.71. The number of fused-ring (bicyclic) bond motifs is 2. The number of halogens is 2. The van der Waals surface area contributed by atoms with E-state index in [9.17, 15) is 0 Å². The largest absolute Gasteiger partial charge is 0.398 e. The lowest BCUT2D eigenvalue weighted by atomic mass is 10.0. The molecule has 18 heavy (non-hydrogen) atoms. The summed E-state index contributed by atoms with van der Waals surface area (Å²) in [5.74, 6) is 0. The molecule has 0 unspecified atom stereocenters. The molecular weight excluding hydrogens is 312 g/mol. The minimum Gasteiger partial charge on any atom is -0.398 e. The van der Waals surface area contributed by atoms with Gasteiger partial charge in [-0.3, -0.25) is 4.98 Å². The number of nitrogens with two attached hydrogens (primary N) is 1. The summed E-state index contributed by atoms with van der Waals surface area (Å²) in [6.07, 6.45) is 5.68. The zero-order chi connectivity index (χ0) is 12.7. The van der Waals surface area contributed by atoms with Crippen molar-refractivity contribution in [3.05, 3.63) is 32.9 Å². The number of aryl methyl sites for hydroxylation is 1. The average Bonchev–Trinajstić information content (AvgIpc) is 2.59. The van der Waals surface area contributed by atoms with Gasteiger partial charge in [0.05, 0.1) is 10.5 Å². The zero-order valence-corrected chi connectivity index (χ0v) is 12.3. The van der Waals surface area contributed by atoms with Crippen molar-refractivity contribution in [1.82, 2.24) is 4.98 Å². The maximum atomic E-state index is 6.35. The van der Waals surface area contributed by atoms with E-state index in [0.29, 0.717) is 5.02 Å². The number of aromatic nitrogens is 1. The summed E-state index contributed by atoms with van der Waals surface area (Å²) in [5.41, 5.74) is 10.4. The van der Waals surface area contributed by atoms with Gasteiger partial charge in [-0.1, -0.05) is 34.0 Å². The lowest BCUT2D eigenvalue weighted by Crippen LogP contribution is -2.03. The predicted octanol–water partition coefficient (Wildman–Crippen LogP) is 4.50. The Morgan fingerprint density at radius 3 is 2.78 bits per heavy atom. The van der Waals surface area contributed by atoms with Crippen LogP contribution in [-0.4, -0.2) is 4.98 Å². The normalized spacial score (nSPS) is 15.4. The first-order valence-electron chi connectivity index (χ1n) is 6.23. The lowest BCUT2D eigenvalue weighted by molar-refractivity contribution is 0.709. The maximum Gasteiger partial charge on any atom is 0.0923 e. The molecule has 94 valence electrons.